The third kappa shape index (κ3) is 2.68. The summed E-state index contributed by atoms with van der Waals surface area (Å²) in [6.45, 7) is 4.00. The lowest BCUT2D eigenvalue weighted by Gasteiger charge is -2.07. The number of hydrogen-bond acceptors (Lipinski definition) is 5. The van der Waals surface area contributed by atoms with E-state index in [4.69, 9.17) is 0 Å². The molecule has 7 heteroatoms. The molecule has 1 N–H and O–H groups in total. The number of aryl methyl sites for hydroxylation is 1. The first kappa shape index (κ1) is 13.4. The zero-order valence-corrected chi connectivity index (χ0v) is 12.4. The zero-order valence-electron chi connectivity index (χ0n) is 11.6. The summed E-state index contributed by atoms with van der Waals surface area (Å²) in [5, 5.41) is 8.13. The zero-order chi connectivity index (χ0) is 14.8. The number of nitrogens with zero attached hydrogens (tertiary/aromatic N) is 4. The van der Waals surface area contributed by atoms with Crippen molar-refractivity contribution in [1.82, 2.24) is 19.1 Å². The predicted octanol–water partition coefficient (Wildman–Crippen LogP) is 2.59. The van der Waals surface area contributed by atoms with Gasteiger partial charge in [-0.1, -0.05) is 4.49 Å². The van der Waals surface area contributed by atoms with Crippen molar-refractivity contribution in [1.29, 1.82) is 0 Å². The predicted molar refractivity (Wildman–Crippen MR) is 80.9 cm³/mol. The van der Waals surface area contributed by atoms with Crippen LogP contribution in [0.15, 0.2) is 36.0 Å². The highest BCUT2D eigenvalue weighted by atomic mass is 32.1. The van der Waals surface area contributed by atoms with E-state index in [1.807, 2.05) is 42.7 Å². The van der Waals surface area contributed by atoms with Crippen LogP contribution in [-0.2, 0) is 0 Å². The summed E-state index contributed by atoms with van der Waals surface area (Å²) in [4.78, 5) is 16.1. The fourth-order valence-corrected chi connectivity index (χ4v) is 2.36. The molecule has 2 aromatic heterocycles. The van der Waals surface area contributed by atoms with E-state index in [1.165, 1.54) is 0 Å². The number of nitrogens with one attached hydrogen (secondary N) is 1. The molecule has 0 unspecified atom stereocenters. The monoisotopic (exact) mass is 299 g/mol. The molecule has 3 aromatic rings. The molecule has 21 heavy (non-hydrogen) atoms. The molecule has 1 amide bonds. The molecule has 0 aliphatic carbocycles. The molecule has 106 valence electrons. The molecule has 0 spiro atoms. The van der Waals surface area contributed by atoms with Crippen LogP contribution in [0, 0.1) is 13.8 Å². The number of anilines is 1. The van der Waals surface area contributed by atoms with Gasteiger partial charge in [-0.3, -0.25) is 4.79 Å². The highest BCUT2D eigenvalue weighted by molar-refractivity contribution is 7.03. The Bertz CT molecular complexity index is 761. The summed E-state index contributed by atoms with van der Waals surface area (Å²) in [7, 11) is 0. The van der Waals surface area contributed by atoms with E-state index in [-0.39, 0.29) is 5.91 Å². The first-order valence-electron chi connectivity index (χ1n) is 6.34. The second-order valence-electron chi connectivity index (χ2n) is 4.58. The van der Waals surface area contributed by atoms with Crippen LogP contribution in [0.4, 0.5) is 5.69 Å². The van der Waals surface area contributed by atoms with Crippen molar-refractivity contribution in [3.8, 4) is 5.69 Å². The van der Waals surface area contributed by atoms with Gasteiger partial charge < -0.3 is 9.88 Å². The Hall–Kier alpha value is -2.54. The second-order valence-corrected chi connectivity index (χ2v) is 5.19. The Balaban J connectivity index is 1.78. The van der Waals surface area contributed by atoms with Gasteiger partial charge in [0, 0.05) is 22.4 Å². The van der Waals surface area contributed by atoms with Gasteiger partial charge in [0.2, 0.25) is 0 Å². The average molecular weight is 299 g/mol. The minimum Gasteiger partial charge on any atom is -0.321 e. The molecule has 0 aliphatic rings. The molecule has 0 saturated carbocycles. The van der Waals surface area contributed by atoms with Crippen LogP contribution in [0.1, 0.15) is 21.9 Å². The largest absolute Gasteiger partial charge is 0.321 e. The lowest BCUT2D eigenvalue weighted by atomic mass is 10.2. The Morgan fingerprint density at radius 1 is 1.24 bits per heavy atom. The lowest BCUT2D eigenvalue weighted by molar-refractivity contribution is 0.102. The van der Waals surface area contributed by atoms with E-state index in [2.05, 4.69) is 19.9 Å². The fraction of sp³-hybridized carbons (Fsp3) is 0.143. The molecule has 0 radical (unpaired) electrons. The minimum absolute atomic E-state index is 0.258. The van der Waals surface area contributed by atoms with Crippen LogP contribution in [0.2, 0.25) is 0 Å². The van der Waals surface area contributed by atoms with Crippen LogP contribution < -0.4 is 5.32 Å². The Kier molecular flexibility index (Phi) is 3.49. The summed E-state index contributed by atoms with van der Waals surface area (Å²) in [5.74, 6) is -0.258. The van der Waals surface area contributed by atoms with Gasteiger partial charge in [-0.15, -0.1) is 5.10 Å². The number of imidazole rings is 1. The normalized spacial score (nSPS) is 10.6. The highest BCUT2D eigenvalue weighted by Crippen LogP contribution is 2.17. The molecule has 0 saturated heterocycles. The maximum atomic E-state index is 11.9. The topological polar surface area (TPSA) is 72.7 Å². The average Bonchev–Trinajstić information content (AvgIpc) is 3.12. The summed E-state index contributed by atoms with van der Waals surface area (Å²) in [6.07, 6.45) is 1.79. The van der Waals surface area contributed by atoms with E-state index in [0.717, 1.165) is 28.6 Å². The number of amides is 1. The van der Waals surface area contributed by atoms with Crippen LogP contribution in [0.25, 0.3) is 5.69 Å². The van der Waals surface area contributed by atoms with Crippen molar-refractivity contribution in [2.24, 2.45) is 0 Å². The highest BCUT2D eigenvalue weighted by Gasteiger charge is 2.09. The van der Waals surface area contributed by atoms with Gasteiger partial charge in [-0.25, -0.2) is 4.98 Å². The Labute approximate surface area is 125 Å². The number of hydrogen-bond donors (Lipinski definition) is 1. The van der Waals surface area contributed by atoms with Gasteiger partial charge >= 0.3 is 0 Å². The summed E-state index contributed by atoms with van der Waals surface area (Å²) in [5.41, 5.74) is 4.14. The van der Waals surface area contributed by atoms with Gasteiger partial charge in [0.15, 0.2) is 5.69 Å². The van der Waals surface area contributed by atoms with E-state index in [1.54, 1.807) is 11.7 Å². The maximum absolute atomic E-state index is 11.9. The lowest BCUT2D eigenvalue weighted by Crippen LogP contribution is -2.12. The number of carbonyl (C=O) groups excluding carboxylic acids is 1. The number of carbonyl (C=O) groups is 1. The fourth-order valence-electron chi connectivity index (χ4n) is 1.92. The van der Waals surface area contributed by atoms with E-state index >= 15 is 0 Å². The maximum Gasteiger partial charge on any atom is 0.277 e. The molecule has 0 aliphatic heterocycles. The minimum atomic E-state index is -0.258. The van der Waals surface area contributed by atoms with Crippen LogP contribution >= 0.6 is 11.5 Å². The van der Waals surface area contributed by atoms with Gasteiger partial charge in [0.25, 0.3) is 5.91 Å². The Morgan fingerprint density at radius 2 is 2.00 bits per heavy atom. The molecule has 2 heterocycles. The van der Waals surface area contributed by atoms with Crippen molar-refractivity contribution < 1.29 is 4.79 Å². The van der Waals surface area contributed by atoms with Gasteiger partial charge in [0.1, 0.15) is 0 Å². The van der Waals surface area contributed by atoms with Crippen molar-refractivity contribution in [2.75, 3.05) is 5.32 Å². The van der Waals surface area contributed by atoms with Gasteiger partial charge in [0.05, 0.1) is 12.0 Å². The van der Waals surface area contributed by atoms with Crippen LogP contribution in [-0.4, -0.2) is 25.0 Å². The SMILES string of the molecule is Cc1ncn(-c2ccc(NC(=O)c3csnn3)cc2)c1C. The summed E-state index contributed by atoms with van der Waals surface area (Å²) in [6, 6.07) is 7.57. The van der Waals surface area contributed by atoms with Crippen molar-refractivity contribution in [3.63, 3.8) is 0 Å². The van der Waals surface area contributed by atoms with Crippen molar-refractivity contribution in [3.05, 3.63) is 53.1 Å². The van der Waals surface area contributed by atoms with Crippen molar-refractivity contribution in [2.45, 2.75) is 13.8 Å². The third-order valence-corrected chi connectivity index (χ3v) is 3.75. The Morgan fingerprint density at radius 3 is 2.57 bits per heavy atom. The van der Waals surface area contributed by atoms with Crippen molar-refractivity contribution >= 4 is 23.1 Å². The molecule has 6 nitrogen and oxygen atoms in total. The standard InChI is InChI=1S/C14H13N5OS/c1-9-10(2)19(8-15-9)12-5-3-11(4-6-12)16-14(20)13-7-21-18-17-13/h3-8H,1-2H3,(H,16,20). The summed E-state index contributed by atoms with van der Waals surface area (Å²) < 4.78 is 5.68. The number of aromatic nitrogens is 4. The molecular weight excluding hydrogens is 286 g/mol. The van der Waals surface area contributed by atoms with E-state index in [0.29, 0.717) is 11.4 Å². The first-order valence-corrected chi connectivity index (χ1v) is 7.18. The van der Waals surface area contributed by atoms with Crippen LogP contribution in [0.5, 0.6) is 0 Å². The summed E-state index contributed by atoms with van der Waals surface area (Å²) >= 11 is 1.15. The quantitative estimate of drug-likeness (QED) is 0.807. The van der Waals surface area contributed by atoms with Gasteiger partial charge in [-0.2, -0.15) is 0 Å². The molecule has 0 bridgehead atoms. The first-order chi connectivity index (χ1) is 10.1. The van der Waals surface area contributed by atoms with Crippen LogP contribution in [0.3, 0.4) is 0 Å². The molecule has 0 atom stereocenters. The number of rotatable bonds is 3. The molecule has 1 aromatic carbocycles. The molecule has 3 rings (SSSR count). The van der Waals surface area contributed by atoms with Gasteiger partial charge in [-0.05, 0) is 49.6 Å². The second kappa shape index (κ2) is 5.45. The molecule has 0 fully saturated rings. The van der Waals surface area contributed by atoms with E-state index in [9.17, 15) is 4.79 Å². The van der Waals surface area contributed by atoms with E-state index < -0.39 is 0 Å². The third-order valence-electron chi connectivity index (χ3n) is 3.25. The number of benzene rings is 1. The smallest absolute Gasteiger partial charge is 0.277 e. The molecular formula is C14H13N5OS.